The summed E-state index contributed by atoms with van der Waals surface area (Å²) < 4.78 is 0. The molecule has 0 bridgehead atoms. The van der Waals surface area contributed by atoms with E-state index in [9.17, 15) is 4.79 Å². The second-order valence-electron chi connectivity index (χ2n) is 6.48. The largest absolute Gasteiger partial charge is 0.342 e. The fourth-order valence-electron chi connectivity index (χ4n) is 2.56. The van der Waals surface area contributed by atoms with Gasteiger partial charge in [0.05, 0.1) is 0 Å². The van der Waals surface area contributed by atoms with Gasteiger partial charge in [0.15, 0.2) is 0 Å². The number of carbonyl (C=O) groups is 1. The molecule has 1 fully saturated rings. The molecule has 0 aliphatic carbocycles. The summed E-state index contributed by atoms with van der Waals surface area (Å²) in [5.74, 6) is 0.287. The Morgan fingerprint density at radius 2 is 1.95 bits per heavy atom. The van der Waals surface area contributed by atoms with Crippen LogP contribution in [0.3, 0.4) is 0 Å². The summed E-state index contributed by atoms with van der Waals surface area (Å²) in [6.07, 6.45) is 4.23. The second kappa shape index (κ2) is 7.85. The van der Waals surface area contributed by atoms with Gasteiger partial charge in [-0.15, -0.1) is 0 Å². The van der Waals surface area contributed by atoms with Crippen LogP contribution >= 0.6 is 0 Å². The van der Waals surface area contributed by atoms with Crippen LogP contribution in [0.4, 0.5) is 0 Å². The van der Waals surface area contributed by atoms with E-state index in [0.717, 1.165) is 39.1 Å². The maximum atomic E-state index is 12.3. The summed E-state index contributed by atoms with van der Waals surface area (Å²) in [4.78, 5) is 16.7. The van der Waals surface area contributed by atoms with E-state index in [0.29, 0.717) is 13.0 Å². The lowest BCUT2D eigenvalue weighted by Gasteiger charge is -2.32. The van der Waals surface area contributed by atoms with Crippen molar-refractivity contribution < 1.29 is 4.79 Å². The number of carbonyl (C=O) groups excluding carboxylic acids is 1. The Labute approximate surface area is 118 Å². The molecular weight excluding hydrogens is 238 g/mol. The topological polar surface area (TPSA) is 49.6 Å². The fraction of sp³-hybridized carbons (Fsp3) is 0.933. The highest BCUT2D eigenvalue weighted by atomic mass is 16.2. The SMILES string of the molecule is CCCN(CC(C)(C)CN)C(=O)CCN1CCCC1. The second-order valence-corrected chi connectivity index (χ2v) is 6.48. The van der Waals surface area contributed by atoms with Crippen LogP contribution in [0.25, 0.3) is 0 Å². The van der Waals surface area contributed by atoms with E-state index in [1.165, 1.54) is 12.8 Å². The minimum atomic E-state index is 0.0124. The summed E-state index contributed by atoms with van der Waals surface area (Å²) in [6.45, 7) is 11.9. The predicted octanol–water partition coefficient (Wildman–Crippen LogP) is 1.70. The van der Waals surface area contributed by atoms with Crippen molar-refractivity contribution in [3.05, 3.63) is 0 Å². The highest BCUT2D eigenvalue weighted by Gasteiger charge is 2.23. The molecule has 1 aliphatic heterocycles. The highest BCUT2D eigenvalue weighted by Crippen LogP contribution is 2.16. The number of rotatable bonds is 8. The first-order valence-electron chi connectivity index (χ1n) is 7.68. The lowest BCUT2D eigenvalue weighted by Crippen LogP contribution is -2.43. The predicted molar refractivity (Wildman–Crippen MR) is 80.0 cm³/mol. The Morgan fingerprint density at radius 1 is 1.32 bits per heavy atom. The first-order valence-corrected chi connectivity index (χ1v) is 7.68. The van der Waals surface area contributed by atoms with Gasteiger partial charge in [-0.05, 0) is 44.3 Å². The van der Waals surface area contributed by atoms with Gasteiger partial charge >= 0.3 is 0 Å². The van der Waals surface area contributed by atoms with Crippen LogP contribution in [0, 0.1) is 5.41 Å². The van der Waals surface area contributed by atoms with Crippen molar-refractivity contribution in [1.29, 1.82) is 0 Å². The first kappa shape index (κ1) is 16.4. The van der Waals surface area contributed by atoms with Gasteiger partial charge in [-0.3, -0.25) is 4.79 Å². The van der Waals surface area contributed by atoms with E-state index in [-0.39, 0.29) is 11.3 Å². The van der Waals surface area contributed by atoms with Crippen LogP contribution in [0.5, 0.6) is 0 Å². The molecule has 0 radical (unpaired) electrons. The molecule has 0 aromatic heterocycles. The Balaban J connectivity index is 2.42. The fourth-order valence-corrected chi connectivity index (χ4v) is 2.56. The number of amides is 1. The summed E-state index contributed by atoms with van der Waals surface area (Å²) in [6, 6.07) is 0. The van der Waals surface area contributed by atoms with Gasteiger partial charge in [0.25, 0.3) is 0 Å². The van der Waals surface area contributed by atoms with E-state index >= 15 is 0 Å². The average molecular weight is 269 g/mol. The minimum absolute atomic E-state index is 0.0124. The molecule has 0 aromatic carbocycles. The number of nitrogens with two attached hydrogens (primary N) is 1. The van der Waals surface area contributed by atoms with Crippen molar-refractivity contribution in [2.75, 3.05) is 39.3 Å². The zero-order valence-electron chi connectivity index (χ0n) is 13.0. The Hall–Kier alpha value is -0.610. The molecule has 4 heteroatoms. The first-order chi connectivity index (χ1) is 8.98. The van der Waals surface area contributed by atoms with Crippen LogP contribution in [-0.4, -0.2) is 55.0 Å². The van der Waals surface area contributed by atoms with Gasteiger partial charge in [-0.2, -0.15) is 0 Å². The molecule has 0 spiro atoms. The van der Waals surface area contributed by atoms with Crippen molar-refractivity contribution >= 4 is 5.91 Å². The number of hydrogen-bond acceptors (Lipinski definition) is 3. The van der Waals surface area contributed by atoms with Gasteiger partial charge in [0, 0.05) is 26.1 Å². The molecule has 1 aliphatic rings. The molecule has 0 aromatic rings. The van der Waals surface area contributed by atoms with Gasteiger partial charge in [-0.1, -0.05) is 20.8 Å². The summed E-state index contributed by atoms with van der Waals surface area (Å²) in [7, 11) is 0. The van der Waals surface area contributed by atoms with E-state index in [1.54, 1.807) is 0 Å². The van der Waals surface area contributed by atoms with E-state index < -0.39 is 0 Å². The number of likely N-dealkylation sites (tertiary alicyclic amines) is 1. The third-order valence-electron chi connectivity index (χ3n) is 3.86. The number of nitrogens with zero attached hydrogens (tertiary/aromatic N) is 2. The van der Waals surface area contributed by atoms with Crippen molar-refractivity contribution in [3.8, 4) is 0 Å². The maximum absolute atomic E-state index is 12.3. The Kier molecular flexibility index (Phi) is 6.80. The molecule has 2 N–H and O–H groups in total. The van der Waals surface area contributed by atoms with Crippen molar-refractivity contribution in [2.45, 2.75) is 46.5 Å². The van der Waals surface area contributed by atoms with Gasteiger partial charge in [-0.25, -0.2) is 0 Å². The van der Waals surface area contributed by atoms with Crippen LogP contribution in [-0.2, 0) is 4.79 Å². The normalized spacial score (nSPS) is 16.8. The third-order valence-corrected chi connectivity index (χ3v) is 3.86. The zero-order valence-corrected chi connectivity index (χ0v) is 13.0. The Bertz CT molecular complexity index is 273. The van der Waals surface area contributed by atoms with E-state index in [2.05, 4.69) is 25.7 Å². The molecule has 1 saturated heterocycles. The molecule has 19 heavy (non-hydrogen) atoms. The molecule has 1 rings (SSSR count). The lowest BCUT2D eigenvalue weighted by atomic mass is 9.93. The number of hydrogen-bond donors (Lipinski definition) is 1. The molecule has 112 valence electrons. The van der Waals surface area contributed by atoms with E-state index in [4.69, 9.17) is 5.73 Å². The van der Waals surface area contributed by atoms with Gasteiger partial charge in [0.1, 0.15) is 0 Å². The quantitative estimate of drug-likeness (QED) is 0.729. The summed E-state index contributed by atoms with van der Waals surface area (Å²) in [5, 5.41) is 0. The van der Waals surface area contributed by atoms with Crippen LogP contribution in [0.15, 0.2) is 0 Å². The van der Waals surface area contributed by atoms with Crippen LogP contribution < -0.4 is 5.73 Å². The van der Waals surface area contributed by atoms with E-state index in [1.807, 2.05) is 4.90 Å². The summed E-state index contributed by atoms with van der Waals surface area (Å²) >= 11 is 0. The zero-order chi connectivity index (χ0) is 14.3. The van der Waals surface area contributed by atoms with Crippen LogP contribution in [0.2, 0.25) is 0 Å². The minimum Gasteiger partial charge on any atom is -0.342 e. The molecule has 0 atom stereocenters. The van der Waals surface area contributed by atoms with Crippen molar-refractivity contribution in [1.82, 2.24) is 9.80 Å². The molecular formula is C15H31N3O. The summed E-state index contributed by atoms with van der Waals surface area (Å²) in [5.41, 5.74) is 5.79. The molecule has 1 amide bonds. The van der Waals surface area contributed by atoms with Crippen molar-refractivity contribution in [2.24, 2.45) is 11.1 Å². The Morgan fingerprint density at radius 3 is 2.47 bits per heavy atom. The lowest BCUT2D eigenvalue weighted by molar-refractivity contribution is -0.132. The van der Waals surface area contributed by atoms with Gasteiger partial charge in [0.2, 0.25) is 5.91 Å². The highest BCUT2D eigenvalue weighted by molar-refractivity contribution is 5.76. The maximum Gasteiger partial charge on any atom is 0.223 e. The van der Waals surface area contributed by atoms with Crippen molar-refractivity contribution in [3.63, 3.8) is 0 Å². The standard InChI is InChI=1S/C15H31N3O/c1-4-8-18(13-15(2,3)12-16)14(19)7-11-17-9-5-6-10-17/h4-13,16H2,1-3H3. The molecule has 0 saturated carbocycles. The monoisotopic (exact) mass is 269 g/mol. The van der Waals surface area contributed by atoms with Gasteiger partial charge < -0.3 is 15.5 Å². The third kappa shape index (κ3) is 5.91. The molecule has 0 unspecified atom stereocenters. The average Bonchev–Trinajstić information content (AvgIpc) is 2.88. The smallest absolute Gasteiger partial charge is 0.223 e. The van der Waals surface area contributed by atoms with Crippen LogP contribution in [0.1, 0.15) is 46.5 Å². The molecule has 4 nitrogen and oxygen atoms in total. The molecule has 1 heterocycles.